The Kier molecular flexibility index (Phi) is 13.6. The highest BCUT2D eigenvalue weighted by atomic mass is 127. The zero-order chi connectivity index (χ0) is 54.1. The molecule has 2 aliphatic carbocycles. The summed E-state index contributed by atoms with van der Waals surface area (Å²) in [5, 5.41) is 12.2. The van der Waals surface area contributed by atoms with Crippen LogP contribution in [0.5, 0.6) is 0 Å². The molecule has 2 nitrogen and oxygen atoms in total. The zero-order valence-corrected chi connectivity index (χ0v) is 47.0. The van der Waals surface area contributed by atoms with E-state index in [4.69, 9.17) is 0 Å². The summed E-state index contributed by atoms with van der Waals surface area (Å²) in [6, 6.07) is 92.2. The largest absolute Gasteiger partial charge is 0.310 e. The lowest BCUT2D eigenvalue weighted by Crippen LogP contribution is -2.10. The van der Waals surface area contributed by atoms with Crippen LogP contribution in [0.25, 0.3) is 81.7 Å². The van der Waals surface area contributed by atoms with Gasteiger partial charge in [0.2, 0.25) is 0 Å². The first-order valence-electron chi connectivity index (χ1n) is 28.1. The van der Waals surface area contributed by atoms with Crippen molar-refractivity contribution in [3.8, 4) is 11.1 Å². The Hall–Kier alpha value is -9.29. The van der Waals surface area contributed by atoms with Crippen molar-refractivity contribution in [3.63, 3.8) is 0 Å². The van der Waals surface area contributed by atoms with Gasteiger partial charge >= 0.3 is 0 Å². The summed E-state index contributed by atoms with van der Waals surface area (Å²) < 4.78 is 0.274. The molecule has 386 valence electrons. The smallest absolute Gasteiger partial charge is 0.0476 e. The molecule has 0 aromatic heterocycles. The predicted octanol–water partition coefficient (Wildman–Crippen LogP) is 22.6. The third-order valence-electron chi connectivity index (χ3n) is 16.1. The molecule has 81 heavy (non-hydrogen) atoms. The number of hydrogen-bond acceptors (Lipinski definition) is 2. The van der Waals surface area contributed by atoms with Crippen LogP contribution in [-0.4, -0.2) is 3.92 Å². The lowest BCUT2D eigenvalue weighted by atomic mass is 9.81. The summed E-state index contributed by atoms with van der Waals surface area (Å²) in [5.41, 5.74) is 16.5. The van der Waals surface area contributed by atoms with Crippen LogP contribution < -0.4 is 9.80 Å². The number of allylic oxidation sites excluding steroid dienone is 12. The number of halogens is 1. The minimum Gasteiger partial charge on any atom is -0.310 e. The van der Waals surface area contributed by atoms with Crippen molar-refractivity contribution in [2.24, 2.45) is 0 Å². The molecule has 0 amide bonds. The molecule has 12 aromatic rings. The Bertz CT molecular complexity index is 4580. The Morgan fingerprint density at radius 2 is 0.852 bits per heavy atom. The number of alkyl halides is 1. The van der Waals surface area contributed by atoms with Crippen LogP contribution in [0, 0.1) is 0 Å². The van der Waals surface area contributed by atoms with E-state index in [1.165, 1.54) is 98.4 Å². The van der Waals surface area contributed by atoms with Gasteiger partial charge in [-0.15, -0.1) is 0 Å². The van der Waals surface area contributed by atoms with Crippen molar-refractivity contribution in [1.29, 1.82) is 0 Å². The molecule has 0 saturated heterocycles. The van der Waals surface area contributed by atoms with Gasteiger partial charge in [0.05, 0.1) is 0 Å². The van der Waals surface area contributed by atoms with Gasteiger partial charge in [-0.1, -0.05) is 241 Å². The molecule has 0 heterocycles. The lowest BCUT2D eigenvalue weighted by molar-refractivity contribution is 1.06. The van der Waals surface area contributed by atoms with Crippen molar-refractivity contribution in [3.05, 3.63) is 320 Å². The highest BCUT2D eigenvalue weighted by Crippen LogP contribution is 2.49. The van der Waals surface area contributed by atoms with Gasteiger partial charge in [-0.25, -0.2) is 0 Å². The molecule has 0 fully saturated rings. The highest BCUT2D eigenvalue weighted by molar-refractivity contribution is 14.1. The molecule has 0 bridgehead atoms. The SMILES string of the molecule is I[C@@H]1C=C/C(c2cccc(-c3c4ccc(N(c5ccccc5)c5ccc6ccccc6c5)cc4c(C4=CC(c5ccc6ccccc6c5)=CCC4)c4ccc(N(c5ccccc5)c5ccc6ccccc6c5)cc34)c2)=C\C/C=C\C=C/1. The second kappa shape index (κ2) is 22.1. The van der Waals surface area contributed by atoms with Gasteiger partial charge in [-0.05, 0) is 203 Å². The van der Waals surface area contributed by atoms with Crippen molar-refractivity contribution in [1.82, 2.24) is 0 Å². The third kappa shape index (κ3) is 10.00. The molecular weight excluding hydrogens is 1090 g/mol. The molecule has 12 aromatic carbocycles. The Morgan fingerprint density at radius 1 is 0.346 bits per heavy atom. The second-order valence-corrected chi connectivity index (χ2v) is 22.6. The molecule has 3 heteroatoms. The van der Waals surface area contributed by atoms with E-state index in [9.17, 15) is 0 Å². The number of rotatable bonds is 10. The van der Waals surface area contributed by atoms with Crippen LogP contribution in [0.2, 0.25) is 0 Å². The fourth-order valence-corrected chi connectivity index (χ4v) is 12.7. The molecular formula is C78H57IN2. The topological polar surface area (TPSA) is 6.48 Å². The van der Waals surface area contributed by atoms with E-state index < -0.39 is 0 Å². The van der Waals surface area contributed by atoms with E-state index >= 15 is 0 Å². The number of nitrogens with zero attached hydrogens (tertiary/aromatic N) is 2. The van der Waals surface area contributed by atoms with Crippen LogP contribution in [-0.2, 0) is 0 Å². The van der Waals surface area contributed by atoms with E-state index in [1.54, 1.807) is 0 Å². The molecule has 0 saturated carbocycles. The number of anilines is 6. The monoisotopic (exact) mass is 1150 g/mol. The van der Waals surface area contributed by atoms with Crippen LogP contribution in [0.1, 0.15) is 36.0 Å². The molecule has 0 aliphatic heterocycles. The highest BCUT2D eigenvalue weighted by Gasteiger charge is 2.25. The van der Waals surface area contributed by atoms with Crippen molar-refractivity contribution < 1.29 is 0 Å². The molecule has 0 spiro atoms. The Balaban J connectivity index is 1.06. The summed E-state index contributed by atoms with van der Waals surface area (Å²) in [6.45, 7) is 0. The Labute approximate surface area is 488 Å². The van der Waals surface area contributed by atoms with Gasteiger partial charge in [0.1, 0.15) is 0 Å². The van der Waals surface area contributed by atoms with Gasteiger partial charge in [0.25, 0.3) is 0 Å². The number of para-hydroxylation sites is 2. The van der Waals surface area contributed by atoms with Gasteiger partial charge in [0, 0.05) is 38.0 Å². The van der Waals surface area contributed by atoms with E-state index in [0.29, 0.717) is 0 Å². The molecule has 14 rings (SSSR count). The summed E-state index contributed by atoms with van der Waals surface area (Å²) in [5.74, 6) is 0. The molecule has 2 aliphatic rings. The maximum absolute atomic E-state index is 2.51. The maximum atomic E-state index is 2.51. The minimum absolute atomic E-state index is 0.274. The van der Waals surface area contributed by atoms with Gasteiger partial charge in [-0.3, -0.25) is 0 Å². The molecule has 0 radical (unpaired) electrons. The van der Waals surface area contributed by atoms with Crippen LogP contribution in [0.15, 0.2) is 303 Å². The maximum Gasteiger partial charge on any atom is 0.0476 e. The lowest BCUT2D eigenvalue weighted by Gasteiger charge is -2.29. The molecule has 1 atom stereocenters. The summed E-state index contributed by atoms with van der Waals surface area (Å²) in [6.07, 6.45) is 23.4. The first-order valence-corrected chi connectivity index (χ1v) is 29.4. The summed E-state index contributed by atoms with van der Waals surface area (Å²) >= 11 is 2.51. The van der Waals surface area contributed by atoms with E-state index in [2.05, 4.69) is 336 Å². The van der Waals surface area contributed by atoms with Gasteiger partial charge in [-0.2, -0.15) is 0 Å². The first kappa shape index (κ1) is 50.0. The van der Waals surface area contributed by atoms with E-state index in [0.717, 1.165) is 53.4 Å². The van der Waals surface area contributed by atoms with Crippen LogP contribution >= 0.6 is 22.6 Å². The second-order valence-electron chi connectivity index (χ2n) is 21.1. The normalized spacial score (nSPS) is 16.0. The summed E-state index contributed by atoms with van der Waals surface area (Å²) in [4.78, 5) is 4.86. The first-order chi connectivity index (χ1) is 40.1. The molecule has 0 N–H and O–H groups in total. The van der Waals surface area contributed by atoms with Gasteiger partial charge in [0.15, 0.2) is 0 Å². The number of benzene rings is 12. The van der Waals surface area contributed by atoms with Gasteiger partial charge < -0.3 is 9.80 Å². The van der Waals surface area contributed by atoms with Crippen molar-refractivity contribution in [2.75, 3.05) is 9.80 Å². The standard InChI is InChI=1S/C78H57IN2/c79-66-30-6-2-1-5-19-55(37-40-66)59-26-17-28-64(48-59)77-73-45-43-72(81(68-33-9-4-10-34-68)70-42-39-57-22-13-16-25-62(57)51-70)53-76(73)78(65-29-18-27-60(49-65)63-36-35-54-20-11-14-23-58(54)47-63)74-46-44-71(52-75(74)77)80(67-31-7-3-8-32-67)69-41-38-56-21-12-15-24-61(56)50-69/h1-4,6-17,19-28,30-53,66H,5,18,29H2/b2-1-,30-6-,40-37?,55-19+/t66-/m0/s1. The quantitative estimate of drug-likeness (QED) is 0.0765. The van der Waals surface area contributed by atoms with Crippen LogP contribution in [0.4, 0.5) is 34.1 Å². The minimum atomic E-state index is 0.274. The third-order valence-corrected chi connectivity index (χ3v) is 16.9. The zero-order valence-electron chi connectivity index (χ0n) is 44.8. The van der Waals surface area contributed by atoms with Crippen LogP contribution in [0.3, 0.4) is 0 Å². The predicted molar refractivity (Wildman–Crippen MR) is 358 cm³/mol. The Morgan fingerprint density at radius 3 is 1.48 bits per heavy atom. The number of hydrogen-bond donors (Lipinski definition) is 0. The van der Waals surface area contributed by atoms with Crippen molar-refractivity contribution in [2.45, 2.75) is 23.2 Å². The fourth-order valence-electron chi connectivity index (χ4n) is 12.2. The average molecular weight is 1150 g/mol. The van der Waals surface area contributed by atoms with Crippen molar-refractivity contribution >= 4 is 127 Å². The molecule has 0 unspecified atom stereocenters. The summed E-state index contributed by atoms with van der Waals surface area (Å²) in [7, 11) is 0. The number of fused-ring (bicyclic) bond motifs is 5. The average Bonchev–Trinajstić information content (AvgIpc) is 3.56. The van der Waals surface area contributed by atoms with E-state index in [-0.39, 0.29) is 3.92 Å². The van der Waals surface area contributed by atoms with E-state index in [1.807, 2.05) is 0 Å². The fraction of sp³-hybridized carbons (Fsp3) is 0.0513.